The monoisotopic (exact) mass is 345 g/mol. The van der Waals surface area contributed by atoms with Gasteiger partial charge >= 0.3 is 5.97 Å². The van der Waals surface area contributed by atoms with Crippen LogP contribution in [0.1, 0.15) is 13.8 Å². The maximum Gasteiger partial charge on any atom is 0.307 e. The molecule has 1 aromatic carbocycles. The molecule has 2 rings (SSSR count). The van der Waals surface area contributed by atoms with Gasteiger partial charge in [-0.1, -0.05) is 25.4 Å². The van der Waals surface area contributed by atoms with Gasteiger partial charge in [-0.25, -0.2) is 0 Å². The van der Waals surface area contributed by atoms with Crippen LogP contribution in [0.15, 0.2) is 22.7 Å². The van der Waals surface area contributed by atoms with Crippen LogP contribution in [0, 0.1) is 17.3 Å². The number of amides is 1. The highest BCUT2D eigenvalue weighted by Crippen LogP contribution is 2.58. The summed E-state index contributed by atoms with van der Waals surface area (Å²) in [5, 5.41) is 12.2. The summed E-state index contributed by atoms with van der Waals surface area (Å²) in [6, 6.07) is 5.05. The van der Waals surface area contributed by atoms with Crippen LogP contribution in [0.4, 0.5) is 5.69 Å². The van der Waals surface area contributed by atoms with Crippen molar-refractivity contribution >= 4 is 45.1 Å². The molecule has 0 spiro atoms. The van der Waals surface area contributed by atoms with Crippen molar-refractivity contribution in [3.63, 3.8) is 0 Å². The molecule has 0 heterocycles. The van der Waals surface area contributed by atoms with Crippen molar-refractivity contribution in [2.75, 3.05) is 5.32 Å². The first kappa shape index (κ1) is 14.3. The number of hydrogen-bond acceptors (Lipinski definition) is 2. The first-order chi connectivity index (χ1) is 8.75. The van der Waals surface area contributed by atoms with Gasteiger partial charge in [0, 0.05) is 10.2 Å². The van der Waals surface area contributed by atoms with Gasteiger partial charge in [0.05, 0.1) is 16.9 Å². The Labute approximate surface area is 124 Å². The number of carbonyl (C=O) groups is 2. The van der Waals surface area contributed by atoms with Gasteiger partial charge in [-0.2, -0.15) is 0 Å². The van der Waals surface area contributed by atoms with Gasteiger partial charge < -0.3 is 10.4 Å². The fourth-order valence-corrected chi connectivity index (χ4v) is 2.81. The van der Waals surface area contributed by atoms with E-state index in [1.165, 1.54) is 0 Å². The molecule has 0 aromatic heterocycles. The molecule has 1 saturated carbocycles. The topological polar surface area (TPSA) is 66.4 Å². The zero-order valence-corrected chi connectivity index (χ0v) is 12.7. The van der Waals surface area contributed by atoms with Crippen LogP contribution >= 0.6 is 27.5 Å². The van der Waals surface area contributed by atoms with Crippen molar-refractivity contribution < 1.29 is 14.7 Å². The minimum Gasteiger partial charge on any atom is -0.481 e. The van der Waals surface area contributed by atoms with Crippen LogP contribution in [0.2, 0.25) is 5.02 Å². The van der Waals surface area contributed by atoms with Crippen LogP contribution in [0.25, 0.3) is 0 Å². The second kappa shape index (κ2) is 4.80. The standard InChI is InChI=1S/C13H13BrClNO3/c1-13(2)9(10(13)12(18)19)11(17)16-6-3-4-7(14)8(15)5-6/h3-5,9-10H,1-2H3,(H,16,17)(H,18,19). The molecule has 0 saturated heterocycles. The van der Waals surface area contributed by atoms with E-state index in [0.717, 1.165) is 4.47 Å². The number of rotatable bonds is 3. The lowest BCUT2D eigenvalue weighted by Crippen LogP contribution is -2.17. The molecule has 1 aliphatic carbocycles. The molecule has 0 radical (unpaired) electrons. The van der Waals surface area contributed by atoms with Crippen LogP contribution in [-0.2, 0) is 9.59 Å². The Morgan fingerprint density at radius 1 is 1.37 bits per heavy atom. The van der Waals surface area contributed by atoms with Crippen molar-refractivity contribution in [3.05, 3.63) is 27.7 Å². The lowest BCUT2D eigenvalue weighted by atomic mass is 10.1. The number of benzene rings is 1. The summed E-state index contributed by atoms with van der Waals surface area (Å²) in [5.74, 6) is -2.35. The Balaban J connectivity index is 2.10. The summed E-state index contributed by atoms with van der Waals surface area (Å²) >= 11 is 9.20. The normalized spacial score (nSPS) is 23.8. The van der Waals surface area contributed by atoms with Gasteiger partial charge in [0.1, 0.15) is 0 Å². The number of halogens is 2. The van der Waals surface area contributed by atoms with E-state index in [-0.39, 0.29) is 5.91 Å². The van der Waals surface area contributed by atoms with Crippen molar-refractivity contribution in [1.82, 2.24) is 0 Å². The molecule has 1 aliphatic rings. The molecule has 2 N–H and O–H groups in total. The average Bonchev–Trinajstić information content (AvgIpc) is 2.87. The fraction of sp³-hybridized carbons (Fsp3) is 0.385. The van der Waals surface area contributed by atoms with Gasteiger partial charge in [0.15, 0.2) is 0 Å². The highest BCUT2D eigenvalue weighted by molar-refractivity contribution is 9.10. The lowest BCUT2D eigenvalue weighted by Gasteiger charge is -2.07. The van der Waals surface area contributed by atoms with E-state index >= 15 is 0 Å². The van der Waals surface area contributed by atoms with Crippen LogP contribution in [0.3, 0.4) is 0 Å². The highest BCUT2D eigenvalue weighted by atomic mass is 79.9. The number of carboxylic acids is 1. The zero-order chi connectivity index (χ0) is 14.4. The van der Waals surface area contributed by atoms with E-state index in [1.807, 2.05) is 0 Å². The predicted octanol–water partition coefficient (Wildman–Crippen LogP) is 3.40. The summed E-state index contributed by atoms with van der Waals surface area (Å²) in [6.07, 6.45) is 0. The van der Waals surface area contributed by atoms with Gasteiger partial charge in [-0.15, -0.1) is 0 Å². The number of carboxylic acid groups (broad SMARTS) is 1. The molecule has 2 atom stereocenters. The van der Waals surface area contributed by atoms with Crippen molar-refractivity contribution in [2.24, 2.45) is 17.3 Å². The van der Waals surface area contributed by atoms with E-state index in [9.17, 15) is 9.59 Å². The van der Waals surface area contributed by atoms with Crippen LogP contribution < -0.4 is 5.32 Å². The Morgan fingerprint density at radius 2 is 2.00 bits per heavy atom. The van der Waals surface area contributed by atoms with Crippen LogP contribution in [0.5, 0.6) is 0 Å². The summed E-state index contributed by atoms with van der Waals surface area (Å²) in [4.78, 5) is 23.1. The van der Waals surface area contributed by atoms with Gasteiger partial charge in [0.2, 0.25) is 5.91 Å². The van der Waals surface area contributed by atoms with Crippen LogP contribution in [-0.4, -0.2) is 17.0 Å². The summed E-state index contributed by atoms with van der Waals surface area (Å²) in [7, 11) is 0. The summed E-state index contributed by atoms with van der Waals surface area (Å²) < 4.78 is 0.738. The molecule has 6 heteroatoms. The number of carbonyl (C=O) groups excluding carboxylic acids is 1. The van der Waals surface area contributed by atoms with Crippen molar-refractivity contribution in [3.8, 4) is 0 Å². The van der Waals surface area contributed by atoms with Crippen molar-refractivity contribution in [1.29, 1.82) is 0 Å². The van der Waals surface area contributed by atoms with E-state index in [2.05, 4.69) is 21.2 Å². The van der Waals surface area contributed by atoms with E-state index in [0.29, 0.717) is 10.7 Å². The average molecular weight is 347 g/mol. The molecule has 19 heavy (non-hydrogen) atoms. The molecule has 1 aromatic rings. The largest absolute Gasteiger partial charge is 0.481 e. The maximum atomic E-state index is 12.1. The quantitative estimate of drug-likeness (QED) is 0.881. The number of hydrogen-bond donors (Lipinski definition) is 2. The van der Waals surface area contributed by atoms with Gasteiger partial charge in [-0.3, -0.25) is 9.59 Å². The smallest absolute Gasteiger partial charge is 0.307 e. The molecular weight excluding hydrogens is 334 g/mol. The Hall–Kier alpha value is -1.07. The molecule has 2 unspecified atom stereocenters. The van der Waals surface area contributed by atoms with E-state index in [1.54, 1.807) is 32.0 Å². The second-order valence-electron chi connectivity index (χ2n) is 5.23. The van der Waals surface area contributed by atoms with Crippen molar-refractivity contribution in [2.45, 2.75) is 13.8 Å². The number of anilines is 1. The highest BCUT2D eigenvalue weighted by Gasteiger charge is 2.65. The third kappa shape index (κ3) is 2.62. The SMILES string of the molecule is CC1(C)C(C(=O)O)C1C(=O)Nc1ccc(Br)c(Cl)c1. The molecule has 0 bridgehead atoms. The third-order valence-corrected chi connectivity index (χ3v) is 4.80. The molecular formula is C13H13BrClNO3. The van der Waals surface area contributed by atoms with Gasteiger partial charge in [0.25, 0.3) is 0 Å². The van der Waals surface area contributed by atoms with E-state index < -0.39 is 23.2 Å². The first-order valence-corrected chi connectivity index (χ1v) is 6.91. The Morgan fingerprint density at radius 3 is 2.47 bits per heavy atom. The minimum atomic E-state index is -0.931. The molecule has 0 aliphatic heterocycles. The number of aliphatic carboxylic acids is 1. The predicted molar refractivity (Wildman–Crippen MR) is 76.2 cm³/mol. The summed E-state index contributed by atoms with van der Waals surface area (Å²) in [5.41, 5.74) is 0.0553. The lowest BCUT2D eigenvalue weighted by molar-refractivity contribution is -0.140. The summed E-state index contributed by atoms with van der Waals surface area (Å²) in [6.45, 7) is 3.56. The zero-order valence-electron chi connectivity index (χ0n) is 10.4. The molecule has 4 nitrogen and oxygen atoms in total. The maximum absolute atomic E-state index is 12.1. The first-order valence-electron chi connectivity index (χ1n) is 5.74. The third-order valence-electron chi connectivity index (χ3n) is 3.56. The van der Waals surface area contributed by atoms with Gasteiger partial charge in [-0.05, 0) is 39.5 Å². The Bertz CT molecular complexity index is 559. The molecule has 102 valence electrons. The molecule has 1 amide bonds. The molecule has 1 fully saturated rings. The van der Waals surface area contributed by atoms with E-state index in [4.69, 9.17) is 16.7 Å². The number of nitrogens with one attached hydrogen (secondary N) is 1. The Kier molecular flexibility index (Phi) is 3.62. The fourth-order valence-electron chi connectivity index (χ4n) is 2.38. The second-order valence-corrected chi connectivity index (χ2v) is 6.49. The minimum absolute atomic E-state index is 0.282.